The van der Waals surface area contributed by atoms with Gasteiger partial charge in [-0.05, 0) is 31.2 Å². The lowest BCUT2D eigenvalue weighted by molar-refractivity contribution is -0.146. The molecule has 0 aromatic rings. The van der Waals surface area contributed by atoms with Crippen molar-refractivity contribution in [1.29, 1.82) is 0 Å². The van der Waals surface area contributed by atoms with Crippen LogP contribution in [-0.2, 0) is 4.79 Å². The maximum atomic E-state index is 11.3. The molecule has 0 aromatic carbocycles. The van der Waals surface area contributed by atoms with Crippen LogP contribution in [-0.4, -0.2) is 23.2 Å². The van der Waals surface area contributed by atoms with Crippen LogP contribution < -0.4 is 5.32 Å². The molecule has 0 bridgehead atoms. The third-order valence-electron chi connectivity index (χ3n) is 3.26. The standard InChI is InChI=1S/C11H21NO2/c1-8(2)7-12-11(10(13)14)6-4-5-9(11)3/h8-9,12H,4-7H2,1-3H3,(H,13,14). The van der Waals surface area contributed by atoms with Crippen LogP contribution in [0.25, 0.3) is 0 Å². The molecule has 1 rings (SSSR count). The third-order valence-corrected chi connectivity index (χ3v) is 3.26. The van der Waals surface area contributed by atoms with Crippen LogP contribution in [0.5, 0.6) is 0 Å². The highest BCUT2D eigenvalue weighted by Crippen LogP contribution is 2.35. The van der Waals surface area contributed by atoms with Crippen molar-refractivity contribution in [2.24, 2.45) is 11.8 Å². The number of hydrogen-bond donors (Lipinski definition) is 2. The summed E-state index contributed by atoms with van der Waals surface area (Å²) in [5.74, 6) is 0.0703. The van der Waals surface area contributed by atoms with E-state index in [2.05, 4.69) is 19.2 Å². The summed E-state index contributed by atoms with van der Waals surface area (Å²) >= 11 is 0. The van der Waals surface area contributed by atoms with Gasteiger partial charge in [-0.3, -0.25) is 4.79 Å². The molecule has 0 saturated heterocycles. The number of carboxylic acids is 1. The van der Waals surface area contributed by atoms with Gasteiger partial charge in [-0.2, -0.15) is 0 Å². The van der Waals surface area contributed by atoms with Crippen LogP contribution in [0.15, 0.2) is 0 Å². The molecular formula is C11H21NO2. The van der Waals surface area contributed by atoms with E-state index in [-0.39, 0.29) is 5.92 Å². The second-order valence-electron chi connectivity index (χ2n) is 4.84. The second-order valence-corrected chi connectivity index (χ2v) is 4.84. The quantitative estimate of drug-likeness (QED) is 0.726. The molecule has 0 spiro atoms. The van der Waals surface area contributed by atoms with Crippen LogP contribution in [0.1, 0.15) is 40.0 Å². The Morgan fingerprint density at radius 1 is 1.64 bits per heavy atom. The van der Waals surface area contributed by atoms with E-state index in [1.165, 1.54) is 0 Å². The van der Waals surface area contributed by atoms with Gasteiger partial charge in [-0.15, -0.1) is 0 Å². The number of carboxylic acid groups (broad SMARTS) is 1. The van der Waals surface area contributed by atoms with Gasteiger partial charge in [0.15, 0.2) is 0 Å². The van der Waals surface area contributed by atoms with E-state index < -0.39 is 11.5 Å². The minimum atomic E-state index is -0.678. The van der Waals surface area contributed by atoms with Gasteiger partial charge in [-0.25, -0.2) is 0 Å². The first-order valence-corrected chi connectivity index (χ1v) is 5.47. The fraction of sp³-hybridized carbons (Fsp3) is 0.909. The van der Waals surface area contributed by atoms with Crippen LogP contribution in [0.2, 0.25) is 0 Å². The lowest BCUT2D eigenvalue weighted by Gasteiger charge is -2.31. The molecule has 0 radical (unpaired) electrons. The molecule has 2 N–H and O–H groups in total. The van der Waals surface area contributed by atoms with E-state index in [0.29, 0.717) is 5.92 Å². The van der Waals surface area contributed by atoms with Gasteiger partial charge in [-0.1, -0.05) is 27.2 Å². The highest BCUT2D eigenvalue weighted by atomic mass is 16.4. The Morgan fingerprint density at radius 3 is 2.64 bits per heavy atom. The van der Waals surface area contributed by atoms with Crippen molar-refractivity contribution in [3.63, 3.8) is 0 Å². The van der Waals surface area contributed by atoms with E-state index in [9.17, 15) is 9.90 Å². The normalized spacial score (nSPS) is 32.4. The largest absolute Gasteiger partial charge is 0.480 e. The van der Waals surface area contributed by atoms with Crippen molar-refractivity contribution in [1.82, 2.24) is 5.32 Å². The number of nitrogens with one attached hydrogen (secondary N) is 1. The Bertz CT molecular complexity index is 215. The fourth-order valence-corrected chi connectivity index (χ4v) is 2.22. The predicted octanol–water partition coefficient (Wildman–Crippen LogP) is 1.88. The summed E-state index contributed by atoms with van der Waals surface area (Å²) < 4.78 is 0. The topological polar surface area (TPSA) is 49.3 Å². The summed E-state index contributed by atoms with van der Waals surface area (Å²) in [6, 6.07) is 0. The molecule has 0 aliphatic heterocycles. The van der Waals surface area contributed by atoms with Crippen molar-refractivity contribution in [2.45, 2.75) is 45.6 Å². The van der Waals surface area contributed by atoms with Gasteiger partial charge in [0.05, 0.1) is 0 Å². The molecule has 0 heterocycles. The highest BCUT2D eigenvalue weighted by Gasteiger charge is 2.46. The zero-order valence-electron chi connectivity index (χ0n) is 9.34. The van der Waals surface area contributed by atoms with Gasteiger partial charge in [0.1, 0.15) is 5.54 Å². The van der Waals surface area contributed by atoms with Crippen LogP contribution in [0.4, 0.5) is 0 Å². The van der Waals surface area contributed by atoms with Crippen molar-refractivity contribution >= 4 is 5.97 Å². The van der Waals surface area contributed by atoms with E-state index >= 15 is 0 Å². The first-order valence-electron chi connectivity index (χ1n) is 5.47. The van der Waals surface area contributed by atoms with Crippen molar-refractivity contribution in [2.75, 3.05) is 6.54 Å². The van der Waals surface area contributed by atoms with Gasteiger partial charge in [0, 0.05) is 0 Å². The molecule has 1 aliphatic rings. The number of aliphatic carboxylic acids is 1. The number of carbonyl (C=O) groups is 1. The molecule has 3 nitrogen and oxygen atoms in total. The summed E-state index contributed by atoms with van der Waals surface area (Å²) in [7, 11) is 0. The lowest BCUT2D eigenvalue weighted by Crippen LogP contribution is -2.55. The highest BCUT2D eigenvalue weighted by molar-refractivity contribution is 5.79. The summed E-state index contributed by atoms with van der Waals surface area (Å²) in [6.07, 6.45) is 2.83. The van der Waals surface area contributed by atoms with Gasteiger partial charge in [0.25, 0.3) is 0 Å². The number of rotatable bonds is 4. The monoisotopic (exact) mass is 199 g/mol. The Morgan fingerprint density at radius 2 is 2.29 bits per heavy atom. The Hall–Kier alpha value is -0.570. The molecular weight excluding hydrogens is 178 g/mol. The summed E-state index contributed by atoms with van der Waals surface area (Å²) in [5, 5.41) is 12.5. The Labute approximate surface area is 85.9 Å². The van der Waals surface area contributed by atoms with Gasteiger partial charge in [0.2, 0.25) is 0 Å². The summed E-state index contributed by atoms with van der Waals surface area (Å²) in [5.41, 5.74) is -0.649. The SMILES string of the molecule is CC(C)CNC1(C(=O)O)CCCC1C. The summed E-state index contributed by atoms with van der Waals surface area (Å²) in [4.78, 5) is 11.3. The maximum Gasteiger partial charge on any atom is 0.324 e. The lowest BCUT2D eigenvalue weighted by atomic mass is 9.88. The van der Waals surface area contributed by atoms with Crippen LogP contribution in [0, 0.1) is 11.8 Å². The molecule has 14 heavy (non-hydrogen) atoms. The average Bonchev–Trinajstić information content (AvgIpc) is 2.44. The van der Waals surface area contributed by atoms with E-state index in [1.807, 2.05) is 6.92 Å². The fourth-order valence-electron chi connectivity index (χ4n) is 2.22. The van der Waals surface area contributed by atoms with Crippen LogP contribution in [0.3, 0.4) is 0 Å². The second kappa shape index (κ2) is 4.30. The zero-order chi connectivity index (χ0) is 10.8. The molecule has 1 aliphatic carbocycles. The van der Waals surface area contributed by atoms with Crippen molar-refractivity contribution in [3.8, 4) is 0 Å². The molecule has 82 valence electrons. The average molecular weight is 199 g/mol. The van der Waals surface area contributed by atoms with E-state index in [0.717, 1.165) is 25.8 Å². The Balaban J connectivity index is 2.67. The minimum absolute atomic E-state index is 0.249. The third kappa shape index (κ3) is 2.08. The first-order chi connectivity index (χ1) is 6.49. The van der Waals surface area contributed by atoms with Crippen molar-refractivity contribution < 1.29 is 9.90 Å². The summed E-state index contributed by atoms with van der Waals surface area (Å²) in [6.45, 7) is 7.02. The molecule has 0 aromatic heterocycles. The van der Waals surface area contributed by atoms with Gasteiger partial charge >= 0.3 is 5.97 Å². The molecule has 3 heteroatoms. The molecule has 1 fully saturated rings. The zero-order valence-corrected chi connectivity index (χ0v) is 9.34. The molecule has 1 saturated carbocycles. The van der Waals surface area contributed by atoms with Gasteiger partial charge < -0.3 is 10.4 Å². The van der Waals surface area contributed by atoms with Crippen molar-refractivity contribution in [3.05, 3.63) is 0 Å². The smallest absolute Gasteiger partial charge is 0.324 e. The number of hydrogen-bond acceptors (Lipinski definition) is 2. The molecule has 2 unspecified atom stereocenters. The Kier molecular flexibility index (Phi) is 3.53. The maximum absolute atomic E-state index is 11.3. The molecule has 0 amide bonds. The molecule has 2 atom stereocenters. The van der Waals surface area contributed by atoms with E-state index in [1.54, 1.807) is 0 Å². The van der Waals surface area contributed by atoms with E-state index in [4.69, 9.17) is 0 Å². The first kappa shape index (κ1) is 11.5. The predicted molar refractivity (Wildman–Crippen MR) is 56.2 cm³/mol. The van der Waals surface area contributed by atoms with Crippen LogP contribution >= 0.6 is 0 Å². The minimum Gasteiger partial charge on any atom is -0.480 e.